The summed E-state index contributed by atoms with van der Waals surface area (Å²) in [6, 6.07) is 15.4. The summed E-state index contributed by atoms with van der Waals surface area (Å²) in [4.78, 5) is 29.8. The lowest BCUT2D eigenvalue weighted by Gasteiger charge is -2.42. The highest BCUT2D eigenvalue weighted by Crippen LogP contribution is 2.51. The number of carbonyl (C=O) groups is 2. The minimum atomic E-state index is -0.362. The Morgan fingerprint density at radius 3 is 2.65 bits per heavy atom. The molecule has 178 valence electrons. The zero-order chi connectivity index (χ0) is 23.9. The largest absolute Gasteiger partial charge is 0.350 e. The lowest BCUT2D eigenvalue weighted by molar-refractivity contribution is -0.135. The van der Waals surface area contributed by atoms with Crippen LogP contribution < -0.4 is 5.43 Å². The maximum Gasteiger partial charge on any atom is 0.286 e. The average Bonchev–Trinajstić information content (AvgIpc) is 3.32. The third kappa shape index (κ3) is 4.11. The Kier molecular flexibility index (Phi) is 6.38. The van der Waals surface area contributed by atoms with Crippen molar-refractivity contribution in [2.24, 2.45) is 5.92 Å². The number of rotatable bonds is 5. The topological polar surface area (TPSA) is 65.2 Å². The van der Waals surface area contributed by atoms with Crippen LogP contribution in [0.3, 0.4) is 0 Å². The zero-order valence-electron chi connectivity index (χ0n) is 19.6. The number of nitrogens with one attached hydrogen (secondary N) is 2. The van der Waals surface area contributed by atoms with Gasteiger partial charge in [-0.05, 0) is 62.3 Å². The minimum absolute atomic E-state index is 0.0206. The van der Waals surface area contributed by atoms with Gasteiger partial charge in [0.2, 0.25) is 0 Å². The summed E-state index contributed by atoms with van der Waals surface area (Å²) >= 11 is 8.00. The number of H-pyrrole nitrogens is 1. The van der Waals surface area contributed by atoms with Crippen LogP contribution in [0.5, 0.6) is 0 Å². The van der Waals surface area contributed by atoms with E-state index in [0.717, 1.165) is 47.7 Å². The van der Waals surface area contributed by atoms with Crippen LogP contribution in [-0.2, 0) is 4.79 Å². The van der Waals surface area contributed by atoms with Crippen LogP contribution in [0.2, 0.25) is 5.02 Å². The molecule has 1 spiro atoms. The molecule has 1 saturated heterocycles. The molecule has 1 aliphatic carbocycles. The first-order valence-electron chi connectivity index (χ1n) is 12.1. The van der Waals surface area contributed by atoms with E-state index in [0.29, 0.717) is 16.6 Å². The van der Waals surface area contributed by atoms with Crippen molar-refractivity contribution in [3.05, 3.63) is 59.2 Å². The van der Waals surface area contributed by atoms with Crippen LogP contribution in [0.4, 0.5) is 0 Å². The lowest BCUT2D eigenvalue weighted by atomic mass is 9.83. The van der Waals surface area contributed by atoms with Crippen LogP contribution >= 0.6 is 23.4 Å². The number of thioether (sulfide) groups is 1. The molecule has 2 N–H and O–H groups in total. The molecule has 3 aromatic rings. The molecule has 2 aliphatic rings. The molecular formula is C27H30ClN3O2S. The average molecular weight is 496 g/mol. The number of hydrogen-bond acceptors (Lipinski definition) is 3. The van der Waals surface area contributed by atoms with E-state index in [1.54, 1.807) is 16.8 Å². The number of fused-ring (bicyclic) bond motifs is 1. The Bertz CT molecular complexity index is 1220. The molecule has 0 radical (unpaired) electrons. The van der Waals surface area contributed by atoms with Gasteiger partial charge in [0.05, 0.1) is 5.25 Å². The summed E-state index contributed by atoms with van der Waals surface area (Å²) in [5.41, 5.74) is 6.02. The summed E-state index contributed by atoms with van der Waals surface area (Å²) in [6.45, 7) is 4.17. The van der Waals surface area contributed by atoms with Crippen LogP contribution in [0.1, 0.15) is 62.9 Å². The van der Waals surface area contributed by atoms with E-state index in [9.17, 15) is 9.59 Å². The summed E-state index contributed by atoms with van der Waals surface area (Å²) in [5, 5.41) is 2.98. The van der Waals surface area contributed by atoms with Gasteiger partial charge in [-0.3, -0.25) is 15.0 Å². The van der Waals surface area contributed by atoms with Gasteiger partial charge in [-0.1, -0.05) is 61.7 Å². The van der Waals surface area contributed by atoms with E-state index in [2.05, 4.69) is 17.3 Å². The second-order valence-electron chi connectivity index (χ2n) is 9.48. The molecule has 1 aliphatic heterocycles. The van der Waals surface area contributed by atoms with Crippen molar-refractivity contribution in [3.8, 4) is 11.1 Å². The van der Waals surface area contributed by atoms with Gasteiger partial charge in [0.1, 0.15) is 10.6 Å². The highest BCUT2D eigenvalue weighted by atomic mass is 35.5. The van der Waals surface area contributed by atoms with Gasteiger partial charge in [-0.25, -0.2) is 5.01 Å². The lowest BCUT2D eigenvalue weighted by Crippen LogP contribution is -2.56. The number of halogens is 1. The molecule has 2 amide bonds. The van der Waals surface area contributed by atoms with Crippen molar-refractivity contribution < 1.29 is 9.59 Å². The summed E-state index contributed by atoms with van der Waals surface area (Å²) in [5.74, 6) is 0.389. The van der Waals surface area contributed by atoms with Gasteiger partial charge in [-0.15, -0.1) is 11.8 Å². The van der Waals surface area contributed by atoms with Crippen molar-refractivity contribution >= 4 is 46.1 Å². The van der Waals surface area contributed by atoms with E-state index in [1.165, 1.54) is 12.8 Å². The fourth-order valence-electron chi connectivity index (χ4n) is 5.54. The fraction of sp³-hybridized carbons (Fsp3) is 0.407. The first-order chi connectivity index (χ1) is 16.4. The molecule has 1 aromatic heterocycles. The predicted octanol–water partition coefficient (Wildman–Crippen LogP) is 6.78. The van der Waals surface area contributed by atoms with E-state index < -0.39 is 0 Å². The number of hydrazine groups is 1. The Balaban J connectivity index is 1.49. The van der Waals surface area contributed by atoms with E-state index in [4.69, 9.17) is 11.6 Å². The van der Waals surface area contributed by atoms with E-state index in [1.807, 2.05) is 55.5 Å². The normalized spacial score (nSPS) is 24.8. The van der Waals surface area contributed by atoms with Gasteiger partial charge >= 0.3 is 0 Å². The second-order valence-corrected chi connectivity index (χ2v) is 11.6. The second kappa shape index (κ2) is 9.31. The maximum absolute atomic E-state index is 13.7. The molecule has 2 aromatic carbocycles. The Morgan fingerprint density at radius 1 is 1.21 bits per heavy atom. The number of amides is 2. The molecule has 1 atom stereocenters. The molecule has 34 heavy (non-hydrogen) atoms. The van der Waals surface area contributed by atoms with Gasteiger partial charge in [0.15, 0.2) is 0 Å². The highest BCUT2D eigenvalue weighted by molar-refractivity contribution is 8.02. The molecule has 0 bridgehead atoms. The van der Waals surface area contributed by atoms with Gasteiger partial charge in [0, 0.05) is 21.5 Å². The maximum atomic E-state index is 13.7. The number of benzene rings is 2. The summed E-state index contributed by atoms with van der Waals surface area (Å²) in [6.07, 6.45) is 6.42. The molecule has 1 saturated carbocycles. The van der Waals surface area contributed by atoms with Gasteiger partial charge in [-0.2, -0.15) is 0 Å². The summed E-state index contributed by atoms with van der Waals surface area (Å²) < 4.78 is 0. The first kappa shape index (κ1) is 23.3. The van der Waals surface area contributed by atoms with Crippen molar-refractivity contribution in [2.45, 2.75) is 62.5 Å². The third-order valence-corrected chi connectivity index (χ3v) is 9.04. The van der Waals surface area contributed by atoms with Crippen LogP contribution in [0, 0.1) is 5.92 Å². The predicted molar refractivity (Wildman–Crippen MR) is 140 cm³/mol. The number of aromatic nitrogens is 1. The summed E-state index contributed by atoms with van der Waals surface area (Å²) in [7, 11) is 0. The molecule has 1 unspecified atom stereocenters. The molecule has 7 heteroatoms. The number of aromatic amines is 1. The van der Waals surface area contributed by atoms with E-state index in [-0.39, 0.29) is 21.9 Å². The van der Waals surface area contributed by atoms with E-state index >= 15 is 0 Å². The number of hydrogen-bond donors (Lipinski definition) is 2. The van der Waals surface area contributed by atoms with Crippen LogP contribution in [0.25, 0.3) is 22.0 Å². The van der Waals surface area contributed by atoms with Crippen molar-refractivity contribution in [3.63, 3.8) is 0 Å². The Labute approximate surface area is 209 Å². The molecule has 5 rings (SSSR count). The minimum Gasteiger partial charge on any atom is -0.350 e. The molecule has 2 fully saturated rings. The van der Waals surface area contributed by atoms with Crippen LogP contribution in [0.15, 0.2) is 48.5 Å². The molecular weight excluding hydrogens is 466 g/mol. The SMILES string of the molecule is CCCC1CCC2(CC1)SC(C)C(=O)N2NC(=O)c1[nH]c2ccc(Cl)cc2c1-c1ccccc1. The monoisotopic (exact) mass is 495 g/mol. The smallest absolute Gasteiger partial charge is 0.286 e. The quantitative estimate of drug-likeness (QED) is 0.409. The van der Waals surface area contributed by atoms with Gasteiger partial charge < -0.3 is 4.98 Å². The Morgan fingerprint density at radius 2 is 1.94 bits per heavy atom. The van der Waals surface area contributed by atoms with Crippen LogP contribution in [-0.4, -0.2) is 31.9 Å². The van der Waals surface area contributed by atoms with Gasteiger partial charge in [0.25, 0.3) is 11.8 Å². The van der Waals surface area contributed by atoms with Crippen molar-refractivity contribution in [1.29, 1.82) is 0 Å². The standard InChI is InChI=1S/C27H30ClN3O2S/c1-3-7-18-12-14-27(15-13-18)31(26(33)17(2)34-27)30-25(32)24-23(19-8-5-4-6-9-19)21-16-20(28)10-11-22(21)29-24/h4-6,8-11,16-18,29H,3,7,12-15H2,1-2H3,(H,30,32). The van der Waals surface area contributed by atoms with Crippen molar-refractivity contribution in [1.82, 2.24) is 15.4 Å². The molecule has 5 nitrogen and oxygen atoms in total. The highest BCUT2D eigenvalue weighted by Gasteiger charge is 2.52. The van der Waals surface area contributed by atoms with Crippen molar-refractivity contribution in [2.75, 3.05) is 0 Å². The number of nitrogens with zero attached hydrogens (tertiary/aromatic N) is 1. The fourth-order valence-corrected chi connectivity index (χ4v) is 7.28. The molecule has 2 heterocycles. The first-order valence-corrected chi connectivity index (χ1v) is 13.4. The number of carbonyl (C=O) groups excluding carboxylic acids is 2. The Hall–Kier alpha value is -2.44. The zero-order valence-corrected chi connectivity index (χ0v) is 21.1. The third-order valence-electron chi connectivity index (χ3n) is 7.22.